The highest BCUT2D eigenvalue weighted by molar-refractivity contribution is 6.23. The number of hydrogen-bond acceptors (Lipinski definition) is 4. The number of rotatable bonds is 6. The lowest BCUT2D eigenvalue weighted by molar-refractivity contribution is -0.140. The summed E-state index contributed by atoms with van der Waals surface area (Å²) in [5.41, 5.74) is 5.06. The monoisotopic (exact) mass is 398 g/mol. The van der Waals surface area contributed by atoms with Crippen molar-refractivity contribution < 1.29 is 19.1 Å². The highest BCUT2D eigenvalue weighted by Gasteiger charge is 2.43. The second-order valence-electron chi connectivity index (χ2n) is 8.58. The first-order valence-electron chi connectivity index (χ1n) is 11.1. The van der Waals surface area contributed by atoms with E-state index in [0.717, 1.165) is 48.8 Å². The fourth-order valence-corrected chi connectivity index (χ4v) is 4.81. The Labute approximate surface area is 174 Å². The summed E-state index contributed by atoms with van der Waals surface area (Å²) in [7, 11) is 0. The predicted octanol–water partition coefficient (Wildman–Crippen LogP) is 5.33. The zero-order chi connectivity index (χ0) is 21.0. The van der Waals surface area contributed by atoms with E-state index < -0.39 is 0 Å². The van der Waals surface area contributed by atoms with Crippen molar-refractivity contribution in [3.63, 3.8) is 0 Å². The molecular weight excluding hydrogens is 364 g/mol. The molecule has 158 valence electrons. The van der Waals surface area contributed by atoms with Crippen LogP contribution in [-0.4, -0.2) is 25.0 Å². The van der Waals surface area contributed by atoms with Crippen molar-refractivity contribution in [3.8, 4) is 0 Å². The smallest absolute Gasteiger partial charge is 0.310 e. The molecule has 0 saturated carbocycles. The maximum Gasteiger partial charge on any atom is 0.310 e. The highest BCUT2D eigenvalue weighted by Crippen LogP contribution is 2.48. The van der Waals surface area contributed by atoms with Crippen LogP contribution in [0, 0.1) is 12.3 Å². The second kappa shape index (κ2) is 9.25. The number of carbonyl (C=O) groups excluding carboxylic acids is 2. The van der Waals surface area contributed by atoms with E-state index in [1.165, 1.54) is 5.56 Å². The summed E-state index contributed by atoms with van der Waals surface area (Å²) in [6.45, 7) is 9.64. The zero-order valence-corrected chi connectivity index (χ0v) is 18.4. The average Bonchev–Trinajstić information content (AvgIpc) is 2.68. The van der Waals surface area contributed by atoms with Gasteiger partial charge in [-0.2, -0.15) is 0 Å². The van der Waals surface area contributed by atoms with Gasteiger partial charge in [0.1, 0.15) is 5.76 Å². The van der Waals surface area contributed by atoms with Crippen LogP contribution >= 0.6 is 0 Å². The van der Waals surface area contributed by atoms with Crippen LogP contribution in [0.2, 0.25) is 0 Å². The number of hydrogen-bond donors (Lipinski definition) is 0. The zero-order valence-electron chi connectivity index (χ0n) is 18.4. The molecule has 0 amide bonds. The maximum absolute atomic E-state index is 13.5. The van der Waals surface area contributed by atoms with Crippen LogP contribution in [-0.2, 0) is 31.9 Å². The van der Waals surface area contributed by atoms with Crippen molar-refractivity contribution in [2.24, 2.45) is 5.41 Å². The molecule has 1 aromatic rings. The summed E-state index contributed by atoms with van der Waals surface area (Å²) in [5, 5.41) is 0. The van der Waals surface area contributed by atoms with E-state index in [9.17, 15) is 9.59 Å². The van der Waals surface area contributed by atoms with Gasteiger partial charge in [0.25, 0.3) is 0 Å². The topological polar surface area (TPSA) is 52.6 Å². The van der Waals surface area contributed by atoms with Crippen LogP contribution in [0.5, 0.6) is 0 Å². The molecule has 1 fully saturated rings. The van der Waals surface area contributed by atoms with Gasteiger partial charge in [-0.05, 0) is 61.1 Å². The normalized spacial score (nSPS) is 19.0. The summed E-state index contributed by atoms with van der Waals surface area (Å²) >= 11 is 0. The van der Waals surface area contributed by atoms with Crippen LogP contribution in [0.25, 0.3) is 5.57 Å². The van der Waals surface area contributed by atoms with Gasteiger partial charge in [-0.25, -0.2) is 0 Å². The Hall–Kier alpha value is -1.94. The molecule has 0 atom stereocenters. The van der Waals surface area contributed by atoms with Crippen LogP contribution in [0.3, 0.4) is 0 Å². The van der Waals surface area contributed by atoms with Gasteiger partial charge >= 0.3 is 5.97 Å². The summed E-state index contributed by atoms with van der Waals surface area (Å²) in [5.74, 6) is 0.473. The number of aryl methyl sites for hydroxylation is 3. The molecule has 0 bridgehead atoms. The Morgan fingerprint density at radius 1 is 1.07 bits per heavy atom. The van der Waals surface area contributed by atoms with Gasteiger partial charge in [0.2, 0.25) is 0 Å². The third-order valence-electron chi connectivity index (χ3n) is 6.33. The lowest BCUT2D eigenvalue weighted by atomic mass is 9.67. The number of esters is 1. The van der Waals surface area contributed by atoms with Crippen molar-refractivity contribution in [2.75, 3.05) is 13.2 Å². The number of ketones is 1. The van der Waals surface area contributed by atoms with E-state index in [-0.39, 0.29) is 17.2 Å². The summed E-state index contributed by atoms with van der Waals surface area (Å²) in [4.78, 5) is 26.0. The van der Waals surface area contributed by atoms with Gasteiger partial charge in [0.05, 0.1) is 5.57 Å². The fourth-order valence-electron chi connectivity index (χ4n) is 4.81. The van der Waals surface area contributed by atoms with E-state index in [4.69, 9.17) is 9.47 Å². The molecule has 4 heteroatoms. The first kappa shape index (κ1) is 21.8. The quantitative estimate of drug-likeness (QED) is 0.608. The molecule has 1 saturated heterocycles. The van der Waals surface area contributed by atoms with E-state index in [2.05, 4.69) is 32.9 Å². The van der Waals surface area contributed by atoms with Gasteiger partial charge in [0.15, 0.2) is 5.78 Å². The summed E-state index contributed by atoms with van der Waals surface area (Å²) in [6, 6.07) is 4.33. The SMILES string of the molecule is CCCC(=O)OC1=C(c2c(CC)cc(C)cc2CC)C(=O)CC2(CCOCC2)C1. The summed E-state index contributed by atoms with van der Waals surface area (Å²) in [6.07, 6.45) is 5.64. The van der Waals surface area contributed by atoms with Gasteiger partial charge in [-0.1, -0.05) is 38.5 Å². The van der Waals surface area contributed by atoms with Gasteiger partial charge in [0, 0.05) is 32.5 Å². The van der Waals surface area contributed by atoms with Crippen molar-refractivity contribution in [3.05, 3.63) is 40.1 Å². The summed E-state index contributed by atoms with van der Waals surface area (Å²) < 4.78 is 11.5. The Kier molecular flexibility index (Phi) is 6.94. The standard InChI is InChI=1S/C25H34O4/c1-5-8-22(27)29-21-16-25(9-11-28-12-10-25)15-20(26)24(21)23-18(6-2)13-17(4)14-19(23)7-3/h13-14H,5-12,15-16H2,1-4H3. The molecule has 1 aliphatic heterocycles. The van der Waals surface area contributed by atoms with E-state index in [1.807, 2.05) is 6.92 Å². The predicted molar refractivity (Wildman–Crippen MR) is 115 cm³/mol. The number of carbonyl (C=O) groups is 2. The number of allylic oxidation sites excluding steroid dienone is 2. The molecule has 0 unspecified atom stereocenters. The van der Waals surface area contributed by atoms with Crippen LogP contribution < -0.4 is 0 Å². The number of ether oxygens (including phenoxy) is 2. The molecule has 4 nitrogen and oxygen atoms in total. The van der Waals surface area contributed by atoms with E-state index >= 15 is 0 Å². The molecule has 1 aromatic carbocycles. The molecule has 3 rings (SSSR count). The number of benzene rings is 1. The van der Waals surface area contributed by atoms with Crippen LogP contribution in [0.1, 0.15) is 81.5 Å². The molecule has 1 heterocycles. The first-order valence-corrected chi connectivity index (χ1v) is 11.1. The molecule has 2 aliphatic rings. The maximum atomic E-state index is 13.5. The third-order valence-corrected chi connectivity index (χ3v) is 6.33. The van der Waals surface area contributed by atoms with E-state index in [1.54, 1.807) is 0 Å². The van der Waals surface area contributed by atoms with E-state index in [0.29, 0.717) is 43.8 Å². The fraction of sp³-hybridized carbons (Fsp3) is 0.600. The Balaban J connectivity index is 2.15. The molecule has 1 aliphatic carbocycles. The minimum Gasteiger partial charge on any atom is -0.430 e. The second-order valence-corrected chi connectivity index (χ2v) is 8.58. The number of Topliss-reactive ketones (excluding diaryl/α,β-unsaturated/α-hetero) is 1. The molecular formula is C25H34O4. The molecule has 0 radical (unpaired) electrons. The Bertz CT molecular complexity index is 787. The minimum atomic E-state index is -0.236. The third kappa shape index (κ3) is 4.63. The minimum absolute atomic E-state index is 0.116. The van der Waals surface area contributed by atoms with Crippen LogP contribution in [0.4, 0.5) is 0 Å². The largest absolute Gasteiger partial charge is 0.430 e. The highest BCUT2D eigenvalue weighted by atomic mass is 16.5. The Morgan fingerprint density at radius 2 is 1.69 bits per heavy atom. The Morgan fingerprint density at radius 3 is 2.24 bits per heavy atom. The van der Waals surface area contributed by atoms with Crippen molar-refractivity contribution in [2.45, 2.75) is 79.1 Å². The van der Waals surface area contributed by atoms with Crippen molar-refractivity contribution in [1.29, 1.82) is 0 Å². The average molecular weight is 399 g/mol. The van der Waals surface area contributed by atoms with Crippen molar-refractivity contribution >= 4 is 17.3 Å². The van der Waals surface area contributed by atoms with Crippen LogP contribution in [0.15, 0.2) is 17.9 Å². The van der Waals surface area contributed by atoms with Gasteiger partial charge in [-0.15, -0.1) is 0 Å². The van der Waals surface area contributed by atoms with Crippen molar-refractivity contribution in [1.82, 2.24) is 0 Å². The molecule has 29 heavy (non-hydrogen) atoms. The molecule has 0 aromatic heterocycles. The first-order chi connectivity index (χ1) is 13.9. The molecule has 0 N–H and O–H groups in total. The van der Waals surface area contributed by atoms with Gasteiger partial charge < -0.3 is 9.47 Å². The molecule has 1 spiro atoms. The lowest BCUT2D eigenvalue weighted by Crippen LogP contribution is -2.37. The lowest BCUT2D eigenvalue weighted by Gasteiger charge is -2.41. The van der Waals surface area contributed by atoms with Gasteiger partial charge in [-0.3, -0.25) is 9.59 Å².